The lowest BCUT2D eigenvalue weighted by atomic mass is 9.93. The minimum absolute atomic E-state index is 0.138. The summed E-state index contributed by atoms with van der Waals surface area (Å²) in [5.41, 5.74) is 0.880. The lowest BCUT2D eigenvalue weighted by Crippen LogP contribution is -2.49. The van der Waals surface area contributed by atoms with Crippen LogP contribution in [0.15, 0.2) is 10.6 Å². The number of likely N-dealkylation sites (tertiary alicyclic amines) is 1. The van der Waals surface area contributed by atoms with E-state index in [0.29, 0.717) is 18.3 Å². The van der Waals surface area contributed by atoms with E-state index in [1.165, 1.54) is 6.42 Å². The molecule has 2 fully saturated rings. The van der Waals surface area contributed by atoms with Gasteiger partial charge >= 0.3 is 11.8 Å². The zero-order chi connectivity index (χ0) is 18.5. The number of aromatic nitrogens is 1. The van der Waals surface area contributed by atoms with Crippen molar-refractivity contribution in [2.24, 2.45) is 0 Å². The Balaban J connectivity index is 1.46. The molecule has 144 valence electrons. The number of hydrogen-bond acceptors (Lipinski definition) is 5. The first-order chi connectivity index (χ1) is 12.6. The molecule has 2 atom stereocenters. The third-order valence-corrected chi connectivity index (χ3v) is 6.62. The van der Waals surface area contributed by atoms with Gasteiger partial charge < -0.3 is 14.7 Å². The molecule has 1 saturated heterocycles. The molecule has 3 rings (SSSR count). The molecule has 1 aliphatic heterocycles. The molecule has 0 spiro atoms. The van der Waals surface area contributed by atoms with E-state index in [1.807, 2.05) is 24.8 Å². The normalized spacial score (nSPS) is 24.5. The van der Waals surface area contributed by atoms with Crippen molar-refractivity contribution in [3.8, 4) is 0 Å². The molecular formula is C19H29N3O3S. The van der Waals surface area contributed by atoms with Crippen molar-refractivity contribution in [2.45, 2.75) is 69.6 Å². The van der Waals surface area contributed by atoms with Crippen LogP contribution in [0.2, 0.25) is 0 Å². The number of carbonyl (C=O) groups excluding carboxylic acids is 2. The number of amides is 2. The molecule has 0 aromatic carbocycles. The van der Waals surface area contributed by atoms with Gasteiger partial charge in [0.15, 0.2) is 0 Å². The van der Waals surface area contributed by atoms with Gasteiger partial charge in [-0.25, -0.2) is 0 Å². The number of piperidine rings is 1. The molecule has 26 heavy (non-hydrogen) atoms. The molecule has 2 heterocycles. The third-order valence-electron chi connectivity index (χ3n) is 5.39. The quantitative estimate of drug-likeness (QED) is 0.814. The SMILES string of the molecule is CCSC1CCCC(NC(=O)C(=O)N2CCC(c3cc(C)no3)CC2)C1. The second kappa shape index (κ2) is 8.93. The summed E-state index contributed by atoms with van der Waals surface area (Å²) >= 11 is 1.96. The Kier molecular flexibility index (Phi) is 6.62. The molecule has 1 aromatic rings. The van der Waals surface area contributed by atoms with E-state index < -0.39 is 5.91 Å². The number of nitrogens with zero attached hydrogens (tertiary/aromatic N) is 2. The number of thioether (sulfide) groups is 1. The molecule has 1 saturated carbocycles. The molecule has 2 amide bonds. The Hall–Kier alpha value is -1.50. The fourth-order valence-electron chi connectivity index (χ4n) is 4.00. The minimum Gasteiger partial charge on any atom is -0.361 e. The highest BCUT2D eigenvalue weighted by Crippen LogP contribution is 2.29. The van der Waals surface area contributed by atoms with Gasteiger partial charge in [0.05, 0.1) is 5.69 Å². The summed E-state index contributed by atoms with van der Waals surface area (Å²) < 4.78 is 5.34. The highest BCUT2D eigenvalue weighted by Gasteiger charge is 2.31. The van der Waals surface area contributed by atoms with E-state index in [1.54, 1.807) is 4.90 Å². The highest BCUT2D eigenvalue weighted by atomic mass is 32.2. The Morgan fingerprint density at radius 2 is 2.08 bits per heavy atom. The molecule has 2 aliphatic rings. The van der Waals surface area contributed by atoms with Crippen LogP contribution in [0.25, 0.3) is 0 Å². The van der Waals surface area contributed by atoms with Crippen molar-refractivity contribution in [3.05, 3.63) is 17.5 Å². The maximum atomic E-state index is 12.5. The van der Waals surface area contributed by atoms with Crippen molar-refractivity contribution in [1.82, 2.24) is 15.4 Å². The molecule has 7 heteroatoms. The summed E-state index contributed by atoms with van der Waals surface area (Å²) in [6, 6.07) is 2.10. The first-order valence-corrected chi connectivity index (χ1v) is 10.8. The summed E-state index contributed by atoms with van der Waals surface area (Å²) in [6.45, 7) is 5.26. The zero-order valence-corrected chi connectivity index (χ0v) is 16.5. The van der Waals surface area contributed by atoms with Crippen LogP contribution in [0.1, 0.15) is 62.8 Å². The van der Waals surface area contributed by atoms with Gasteiger partial charge in [-0.05, 0) is 44.8 Å². The molecule has 1 aliphatic carbocycles. The maximum Gasteiger partial charge on any atom is 0.311 e. The van der Waals surface area contributed by atoms with Crippen LogP contribution < -0.4 is 5.32 Å². The largest absolute Gasteiger partial charge is 0.361 e. The molecule has 6 nitrogen and oxygen atoms in total. The van der Waals surface area contributed by atoms with Crippen LogP contribution in [-0.2, 0) is 9.59 Å². The molecule has 2 unspecified atom stereocenters. The fraction of sp³-hybridized carbons (Fsp3) is 0.737. The Labute approximate surface area is 159 Å². The van der Waals surface area contributed by atoms with E-state index in [9.17, 15) is 9.59 Å². The lowest BCUT2D eigenvalue weighted by molar-refractivity contribution is -0.147. The number of hydrogen-bond donors (Lipinski definition) is 1. The average molecular weight is 380 g/mol. The smallest absolute Gasteiger partial charge is 0.311 e. The van der Waals surface area contributed by atoms with Gasteiger partial charge in [0.2, 0.25) is 0 Å². The predicted octanol–water partition coefficient (Wildman–Crippen LogP) is 2.87. The van der Waals surface area contributed by atoms with Crippen LogP contribution in [0, 0.1) is 6.92 Å². The van der Waals surface area contributed by atoms with Crippen molar-refractivity contribution in [3.63, 3.8) is 0 Å². The zero-order valence-electron chi connectivity index (χ0n) is 15.7. The first-order valence-electron chi connectivity index (χ1n) is 9.71. The Morgan fingerprint density at radius 3 is 2.73 bits per heavy atom. The number of carbonyl (C=O) groups is 2. The van der Waals surface area contributed by atoms with Crippen molar-refractivity contribution in [2.75, 3.05) is 18.8 Å². The topological polar surface area (TPSA) is 75.4 Å². The van der Waals surface area contributed by atoms with Gasteiger partial charge in [-0.1, -0.05) is 18.5 Å². The number of aryl methyl sites for hydroxylation is 1. The van der Waals surface area contributed by atoms with Crippen LogP contribution in [-0.4, -0.2) is 52.0 Å². The summed E-state index contributed by atoms with van der Waals surface area (Å²) in [6.07, 6.45) is 5.92. The molecular weight excluding hydrogens is 350 g/mol. The van der Waals surface area contributed by atoms with E-state index in [4.69, 9.17) is 4.52 Å². The van der Waals surface area contributed by atoms with E-state index in [2.05, 4.69) is 17.4 Å². The van der Waals surface area contributed by atoms with Gasteiger partial charge in [-0.15, -0.1) is 0 Å². The molecule has 0 bridgehead atoms. The van der Waals surface area contributed by atoms with E-state index in [0.717, 1.165) is 49.3 Å². The second-order valence-electron chi connectivity index (χ2n) is 7.35. The molecule has 1 N–H and O–H groups in total. The summed E-state index contributed by atoms with van der Waals surface area (Å²) in [5.74, 6) is 1.45. The van der Waals surface area contributed by atoms with Crippen LogP contribution in [0.4, 0.5) is 0 Å². The first kappa shape index (κ1) is 19.3. The standard InChI is InChI=1S/C19H29N3O3S/c1-3-26-16-6-4-5-15(12-16)20-18(23)19(24)22-9-7-14(8-10-22)17-11-13(2)21-25-17/h11,14-16H,3-10,12H2,1-2H3,(H,20,23). The lowest BCUT2D eigenvalue weighted by Gasteiger charge is -2.32. The Morgan fingerprint density at radius 1 is 1.31 bits per heavy atom. The second-order valence-corrected chi connectivity index (χ2v) is 8.93. The summed E-state index contributed by atoms with van der Waals surface area (Å²) in [4.78, 5) is 26.6. The van der Waals surface area contributed by atoms with Gasteiger partial charge in [0, 0.05) is 36.4 Å². The third kappa shape index (κ3) is 4.81. The van der Waals surface area contributed by atoms with Crippen LogP contribution in [0.3, 0.4) is 0 Å². The number of nitrogens with one attached hydrogen (secondary N) is 1. The number of rotatable bonds is 4. The van der Waals surface area contributed by atoms with Crippen LogP contribution >= 0.6 is 11.8 Å². The van der Waals surface area contributed by atoms with Crippen molar-refractivity contribution < 1.29 is 14.1 Å². The monoisotopic (exact) mass is 379 g/mol. The van der Waals surface area contributed by atoms with Crippen LogP contribution in [0.5, 0.6) is 0 Å². The highest BCUT2D eigenvalue weighted by molar-refractivity contribution is 7.99. The minimum atomic E-state index is -0.439. The Bertz CT molecular complexity index is 623. The average Bonchev–Trinajstić information content (AvgIpc) is 3.08. The molecule has 0 radical (unpaired) electrons. The fourth-order valence-corrected chi connectivity index (χ4v) is 5.17. The summed E-state index contributed by atoms with van der Waals surface area (Å²) in [5, 5.41) is 7.52. The van der Waals surface area contributed by atoms with Gasteiger partial charge in [0.25, 0.3) is 0 Å². The van der Waals surface area contributed by atoms with Crippen molar-refractivity contribution in [1.29, 1.82) is 0 Å². The van der Waals surface area contributed by atoms with Gasteiger partial charge in [-0.2, -0.15) is 11.8 Å². The van der Waals surface area contributed by atoms with E-state index in [-0.39, 0.29) is 17.9 Å². The maximum absolute atomic E-state index is 12.5. The summed E-state index contributed by atoms with van der Waals surface area (Å²) in [7, 11) is 0. The van der Waals surface area contributed by atoms with Gasteiger partial charge in [-0.3, -0.25) is 9.59 Å². The predicted molar refractivity (Wildman–Crippen MR) is 102 cm³/mol. The van der Waals surface area contributed by atoms with Crippen molar-refractivity contribution >= 4 is 23.6 Å². The van der Waals surface area contributed by atoms with E-state index >= 15 is 0 Å². The van der Waals surface area contributed by atoms with Gasteiger partial charge in [0.1, 0.15) is 5.76 Å². The molecule has 1 aromatic heterocycles.